The third kappa shape index (κ3) is 1.42. The molecule has 60 valence electrons. The zero-order chi connectivity index (χ0) is 7.68. The maximum atomic E-state index is 5.76. The summed E-state index contributed by atoms with van der Waals surface area (Å²) in [6.45, 7) is 2.22. The van der Waals surface area contributed by atoms with Crippen LogP contribution in [0.4, 0.5) is 0 Å². The van der Waals surface area contributed by atoms with Gasteiger partial charge in [-0.2, -0.15) is 0 Å². The van der Waals surface area contributed by atoms with Gasteiger partial charge < -0.3 is 10.3 Å². The summed E-state index contributed by atoms with van der Waals surface area (Å²) in [6.07, 6.45) is 3.23. The van der Waals surface area contributed by atoms with Crippen molar-refractivity contribution in [1.29, 1.82) is 0 Å². The zero-order valence-electron chi connectivity index (χ0n) is 6.23. The highest BCUT2D eigenvalue weighted by Crippen LogP contribution is 2.23. The monoisotopic (exact) mass is 170 g/mol. The second-order valence-electron chi connectivity index (χ2n) is 2.97. The normalized spacial score (nSPS) is 24.3. The lowest BCUT2D eigenvalue weighted by atomic mass is 10.0. The maximum absolute atomic E-state index is 5.76. The van der Waals surface area contributed by atoms with Gasteiger partial charge >= 0.3 is 0 Å². The van der Waals surface area contributed by atoms with Crippen LogP contribution < -0.4 is 5.32 Å². The Morgan fingerprint density at radius 2 is 2.45 bits per heavy atom. The molecule has 2 N–H and O–H groups in total. The third-order valence-corrected chi connectivity index (χ3v) is 2.42. The van der Waals surface area contributed by atoms with Crippen LogP contribution in [0.1, 0.15) is 17.9 Å². The summed E-state index contributed by atoms with van der Waals surface area (Å²) in [6, 6.07) is 2.01. The summed E-state index contributed by atoms with van der Waals surface area (Å²) < 4.78 is 0. The van der Waals surface area contributed by atoms with Crippen LogP contribution in [0.3, 0.4) is 0 Å². The molecule has 0 spiro atoms. The van der Waals surface area contributed by atoms with E-state index in [1.54, 1.807) is 0 Å². The van der Waals surface area contributed by atoms with Gasteiger partial charge in [-0.1, -0.05) is 11.6 Å². The summed E-state index contributed by atoms with van der Waals surface area (Å²) in [5.74, 6) is 0.666. The van der Waals surface area contributed by atoms with E-state index >= 15 is 0 Å². The average Bonchev–Trinajstić information content (AvgIpc) is 2.55. The second kappa shape index (κ2) is 2.88. The van der Waals surface area contributed by atoms with Gasteiger partial charge in [-0.05, 0) is 30.5 Å². The lowest BCUT2D eigenvalue weighted by Crippen LogP contribution is -2.07. The molecule has 0 bridgehead atoms. The Morgan fingerprint density at radius 3 is 3.00 bits per heavy atom. The predicted molar refractivity (Wildman–Crippen MR) is 46.0 cm³/mol. The molecule has 1 aliphatic heterocycles. The molecule has 1 saturated heterocycles. The van der Waals surface area contributed by atoms with E-state index in [4.69, 9.17) is 11.6 Å². The van der Waals surface area contributed by atoms with Crippen molar-refractivity contribution >= 4 is 11.6 Å². The number of halogens is 1. The van der Waals surface area contributed by atoms with Gasteiger partial charge in [0.05, 0.1) is 0 Å². The van der Waals surface area contributed by atoms with Gasteiger partial charge in [0.15, 0.2) is 0 Å². The van der Waals surface area contributed by atoms with Crippen molar-refractivity contribution in [3.63, 3.8) is 0 Å². The molecule has 0 radical (unpaired) electrons. The van der Waals surface area contributed by atoms with E-state index in [1.807, 2.05) is 12.3 Å². The van der Waals surface area contributed by atoms with Crippen LogP contribution in [-0.4, -0.2) is 18.1 Å². The Morgan fingerprint density at radius 1 is 1.55 bits per heavy atom. The quantitative estimate of drug-likeness (QED) is 0.661. The van der Waals surface area contributed by atoms with Crippen LogP contribution >= 0.6 is 11.6 Å². The number of nitrogens with one attached hydrogen (secondary N) is 2. The molecule has 2 rings (SSSR count). The van der Waals surface area contributed by atoms with E-state index in [9.17, 15) is 0 Å². The van der Waals surface area contributed by atoms with Crippen molar-refractivity contribution in [1.82, 2.24) is 10.3 Å². The van der Waals surface area contributed by atoms with E-state index in [0.29, 0.717) is 5.92 Å². The Hall–Kier alpha value is -0.470. The maximum Gasteiger partial charge on any atom is 0.106 e. The Balaban J connectivity index is 2.15. The standard InChI is InChI=1S/C8H11ClN2/c9-8-3-7(5-11-8)6-1-2-10-4-6/h3,5-6,10-11H,1-2,4H2. The van der Waals surface area contributed by atoms with Crippen LogP contribution in [0.2, 0.25) is 5.15 Å². The number of rotatable bonds is 1. The van der Waals surface area contributed by atoms with E-state index < -0.39 is 0 Å². The number of hydrogen-bond donors (Lipinski definition) is 2. The molecule has 1 aromatic rings. The summed E-state index contributed by atoms with van der Waals surface area (Å²) in [7, 11) is 0. The van der Waals surface area contributed by atoms with Crippen molar-refractivity contribution in [2.24, 2.45) is 0 Å². The van der Waals surface area contributed by atoms with Crippen LogP contribution in [0.25, 0.3) is 0 Å². The first-order valence-corrected chi connectivity index (χ1v) is 4.28. The van der Waals surface area contributed by atoms with Crippen LogP contribution in [0, 0.1) is 0 Å². The summed E-state index contributed by atoms with van der Waals surface area (Å²) in [5, 5.41) is 4.07. The van der Waals surface area contributed by atoms with Crippen molar-refractivity contribution in [2.45, 2.75) is 12.3 Å². The SMILES string of the molecule is Clc1cc(C2CCNC2)c[nH]1. The van der Waals surface area contributed by atoms with Gasteiger partial charge in [0.2, 0.25) is 0 Å². The number of aromatic nitrogens is 1. The molecule has 11 heavy (non-hydrogen) atoms. The van der Waals surface area contributed by atoms with Crippen molar-refractivity contribution < 1.29 is 0 Å². The fourth-order valence-electron chi connectivity index (χ4n) is 1.56. The minimum Gasteiger partial charge on any atom is -0.352 e. The highest BCUT2D eigenvalue weighted by molar-refractivity contribution is 6.29. The Labute approximate surface area is 70.9 Å². The molecule has 3 heteroatoms. The van der Waals surface area contributed by atoms with Crippen molar-refractivity contribution in [3.8, 4) is 0 Å². The molecule has 1 aliphatic rings. The first-order valence-electron chi connectivity index (χ1n) is 3.91. The van der Waals surface area contributed by atoms with Gasteiger partial charge in [-0.15, -0.1) is 0 Å². The summed E-state index contributed by atoms with van der Waals surface area (Å²) in [5.41, 5.74) is 1.33. The smallest absolute Gasteiger partial charge is 0.106 e. The largest absolute Gasteiger partial charge is 0.352 e. The highest BCUT2D eigenvalue weighted by atomic mass is 35.5. The van der Waals surface area contributed by atoms with Gasteiger partial charge in [0.25, 0.3) is 0 Å². The van der Waals surface area contributed by atoms with Gasteiger partial charge in [-0.25, -0.2) is 0 Å². The van der Waals surface area contributed by atoms with E-state index in [-0.39, 0.29) is 0 Å². The predicted octanol–water partition coefficient (Wildman–Crippen LogP) is 1.74. The number of hydrogen-bond acceptors (Lipinski definition) is 1. The summed E-state index contributed by atoms with van der Waals surface area (Å²) >= 11 is 5.76. The van der Waals surface area contributed by atoms with Crippen molar-refractivity contribution in [2.75, 3.05) is 13.1 Å². The molecular formula is C8H11ClN2. The number of H-pyrrole nitrogens is 1. The molecule has 2 heterocycles. The molecule has 1 atom stereocenters. The fraction of sp³-hybridized carbons (Fsp3) is 0.500. The number of aromatic amines is 1. The summed E-state index contributed by atoms with van der Waals surface area (Å²) in [4.78, 5) is 2.98. The minimum atomic E-state index is 0.666. The zero-order valence-corrected chi connectivity index (χ0v) is 6.99. The van der Waals surface area contributed by atoms with Gasteiger partial charge in [0.1, 0.15) is 5.15 Å². The Bertz CT molecular complexity index is 238. The Kier molecular flexibility index (Phi) is 1.88. The van der Waals surface area contributed by atoms with E-state index in [0.717, 1.165) is 18.2 Å². The topological polar surface area (TPSA) is 27.8 Å². The molecule has 0 aliphatic carbocycles. The lowest BCUT2D eigenvalue weighted by molar-refractivity contribution is 0.765. The van der Waals surface area contributed by atoms with Crippen LogP contribution in [0.5, 0.6) is 0 Å². The fourth-order valence-corrected chi connectivity index (χ4v) is 1.74. The van der Waals surface area contributed by atoms with Gasteiger partial charge in [-0.3, -0.25) is 0 Å². The van der Waals surface area contributed by atoms with E-state index in [2.05, 4.69) is 10.3 Å². The molecule has 1 fully saturated rings. The lowest BCUT2D eigenvalue weighted by Gasteiger charge is -2.02. The van der Waals surface area contributed by atoms with Crippen LogP contribution in [0.15, 0.2) is 12.3 Å². The first kappa shape index (κ1) is 7.19. The third-order valence-electron chi connectivity index (χ3n) is 2.20. The molecular weight excluding hydrogens is 160 g/mol. The molecule has 2 nitrogen and oxygen atoms in total. The molecule has 1 aromatic heterocycles. The average molecular weight is 171 g/mol. The van der Waals surface area contributed by atoms with Gasteiger partial charge in [0, 0.05) is 12.7 Å². The van der Waals surface area contributed by atoms with Crippen LogP contribution in [-0.2, 0) is 0 Å². The van der Waals surface area contributed by atoms with E-state index in [1.165, 1.54) is 12.0 Å². The second-order valence-corrected chi connectivity index (χ2v) is 3.38. The molecule has 0 amide bonds. The molecule has 0 saturated carbocycles. The molecule has 1 unspecified atom stereocenters. The van der Waals surface area contributed by atoms with Crippen molar-refractivity contribution in [3.05, 3.63) is 23.0 Å². The minimum absolute atomic E-state index is 0.666. The highest BCUT2D eigenvalue weighted by Gasteiger charge is 2.16. The first-order chi connectivity index (χ1) is 5.36. The molecule has 0 aromatic carbocycles.